The van der Waals surface area contributed by atoms with Gasteiger partial charge in [-0.3, -0.25) is 4.79 Å². The highest BCUT2D eigenvalue weighted by Crippen LogP contribution is 2.12. The van der Waals surface area contributed by atoms with Gasteiger partial charge < -0.3 is 10.2 Å². The van der Waals surface area contributed by atoms with E-state index in [4.69, 9.17) is 0 Å². The summed E-state index contributed by atoms with van der Waals surface area (Å²) in [5, 5.41) is 3.02. The van der Waals surface area contributed by atoms with Crippen molar-refractivity contribution in [1.29, 1.82) is 0 Å². The lowest BCUT2D eigenvalue weighted by atomic mass is 10.1. The molecule has 0 aliphatic heterocycles. The largest absolute Gasteiger partial charge is 0.365 e. The smallest absolute Gasteiger partial charge is 0.239 e. The molecule has 1 atom stereocenters. The minimum atomic E-state index is 0.0210. The van der Waals surface area contributed by atoms with Crippen molar-refractivity contribution in [1.82, 2.24) is 5.32 Å². The minimum Gasteiger partial charge on any atom is -0.365 e. The second-order valence-electron chi connectivity index (χ2n) is 4.89. The predicted octanol–water partition coefficient (Wildman–Crippen LogP) is 3.00. The number of carbonyl (C=O) groups excluding carboxylic acids is 1. The number of nitrogens with one attached hydrogen (secondary N) is 1. The Bertz CT molecular complexity index is 490. The Labute approximate surface area is 120 Å². The van der Waals surface area contributed by atoms with Crippen molar-refractivity contribution in [3.63, 3.8) is 0 Å². The molecule has 2 aromatic rings. The third-order valence-electron chi connectivity index (χ3n) is 3.25. The molecule has 0 heterocycles. The molecule has 2 aromatic carbocycles. The SMILES string of the molecule is CC(NC(=O)CN(C)c1ccccc1)c1ccccc1. The fourth-order valence-electron chi connectivity index (χ4n) is 2.10. The van der Waals surface area contributed by atoms with Crippen LogP contribution >= 0.6 is 0 Å². The Balaban J connectivity index is 1.90. The van der Waals surface area contributed by atoms with Gasteiger partial charge in [-0.15, -0.1) is 0 Å². The average molecular weight is 268 g/mol. The van der Waals surface area contributed by atoms with Crippen LogP contribution in [0.5, 0.6) is 0 Å². The maximum Gasteiger partial charge on any atom is 0.239 e. The maximum absolute atomic E-state index is 12.1. The van der Waals surface area contributed by atoms with Gasteiger partial charge in [0.05, 0.1) is 12.6 Å². The van der Waals surface area contributed by atoms with E-state index in [-0.39, 0.29) is 11.9 Å². The third-order valence-corrected chi connectivity index (χ3v) is 3.25. The number of para-hydroxylation sites is 1. The van der Waals surface area contributed by atoms with Gasteiger partial charge in [0.25, 0.3) is 0 Å². The third kappa shape index (κ3) is 3.85. The number of carbonyl (C=O) groups is 1. The molecule has 0 fully saturated rings. The molecule has 0 bridgehead atoms. The number of benzene rings is 2. The van der Waals surface area contributed by atoms with E-state index in [1.54, 1.807) is 0 Å². The van der Waals surface area contributed by atoms with Crippen LogP contribution in [0.3, 0.4) is 0 Å². The van der Waals surface area contributed by atoms with Crippen molar-refractivity contribution >= 4 is 11.6 Å². The first-order chi connectivity index (χ1) is 9.66. The van der Waals surface area contributed by atoms with Crippen LogP contribution in [-0.4, -0.2) is 19.5 Å². The van der Waals surface area contributed by atoms with Crippen molar-refractivity contribution in [2.45, 2.75) is 13.0 Å². The molecule has 1 unspecified atom stereocenters. The van der Waals surface area contributed by atoms with Crippen molar-refractivity contribution < 1.29 is 4.79 Å². The predicted molar refractivity (Wildman–Crippen MR) is 82.7 cm³/mol. The van der Waals surface area contributed by atoms with Crippen LogP contribution in [0.4, 0.5) is 5.69 Å². The van der Waals surface area contributed by atoms with Gasteiger partial charge >= 0.3 is 0 Å². The van der Waals surface area contributed by atoms with Crippen LogP contribution in [0.1, 0.15) is 18.5 Å². The number of hydrogen-bond acceptors (Lipinski definition) is 2. The lowest BCUT2D eigenvalue weighted by Gasteiger charge is -2.21. The molecule has 104 valence electrons. The molecular formula is C17H20N2O. The normalized spacial score (nSPS) is 11.7. The van der Waals surface area contributed by atoms with Crippen molar-refractivity contribution in [3.8, 4) is 0 Å². The van der Waals surface area contributed by atoms with Crippen LogP contribution in [0, 0.1) is 0 Å². The van der Waals surface area contributed by atoms with Gasteiger partial charge in [0, 0.05) is 12.7 Å². The Hall–Kier alpha value is -2.29. The molecule has 1 amide bonds. The second kappa shape index (κ2) is 6.75. The number of amides is 1. The van der Waals surface area contributed by atoms with Gasteiger partial charge in [-0.2, -0.15) is 0 Å². The Morgan fingerprint density at radius 3 is 2.20 bits per heavy atom. The molecular weight excluding hydrogens is 248 g/mol. The van der Waals surface area contributed by atoms with Crippen LogP contribution in [0.2, 0.25) is 0 Å². The van der Waals surface area contributed by atoms with Crippen LogP contribution in [-0.2, 0) is 4.79 Å². The first-order valence-corrected chi connectivity index (χ1v) is 6.77. The van der Waals surface area contributed by atoms with E-state index in [2.05, 4.69) is 5.32 Å². The topological polar surface area (TPSA) is 32.3 Å². The van der Waals surface area contributed by atoms with Crippen molar-refractivity contribution in [2.24, 2.45) is 0 Å². The number of likely N-dealkylation sites (N-methyl/N-ethyl adjacent to an activating group) is 1. The zero-order valence-electron chi connectivity index (χ0n) is 11.9. The lowest BCUT2D eigenvalue weighted by Crippen LogP contribution is -2.36. The summed E-state index contributed by atoms with van der Waals surface area (Å²) in [5.74, 6) is 0.0210. The van der Waals surface area contributed by atoms with Crippen LogP contribution in [0.15, 0.2) is 60.7 Å². The Morgan fingerprint density at radius 2 is 1.60 bits per heavy atom. The molecule has 0 radical (unpaired) electrons. The molecule has 20 heavy (non-hydrogen) atoms. The molecule has 3 heteroatoms. The molecule has 3 nitrogen and oxygen atoms in total. The lowest BCUT2D eigenvalue weighted by molar-refractivity contribution is -0.120. The summed E-state index contributed by atoms with van der Waals surface area (Å²) in [6, 6.07) is 19.9. The second-order valence-corrected chi connectivity index (χ2v) is 4.89. The van der Waals surface area contributed by atoms with E-state index in [0.29, 0.717) is 6.54 Å². The zero-order valence-corrected chi connectivity index (χ0v) is 11.9. The van der Waals surface area contributed by atoms with Gasteiger partial charge in [0.2, 0.25) is 5.91 Å². The molecule has 0 spiro atoms. The van der Waals surface area contributed by atoms with E-state index in [9.17, 15) is 4.79 Å². The molecule has 1 N–H and O–H groups in total. The molecule has 0 aromatic heterocycles. The quantitative estimate of drug-likeness (QED) is 0.904. The van der Waals surface area contributed by atoms with Crippen LogP contribution < -0.4 is 10.2 Å². The Kier molecular flexibility index (Phi) is 4.77. The van der Waals surface area contributed by atoms with Crippen molar-refractivity contribution in [3.05, 3.63) is 66.2 Å². The summed E-state index contributed by atoms with van der Waals surface area (Å²) in [5.41, 5.74) is 2.15. The fourth-order valence-corrected chi connectivity index (χ4v) is 2.10. The van der Waals surface area contributed by atoms with E-state index in [0.717, 1.165) is 11.3 Å². The first kappa shape index (κ1) is 14.1. The summed E-state index contributed by atoms with van der Waals surface area (Å²) in [6.45, 7) is 2.34. The summed E-state index contributed by atoms with van der Waals surface area (Å²) in [7, 11) is 1.92. The highest BCUT2D eigenvalue weighted by atomic mass is 16.2. The van der Waals surface area contributed by atoms with E-state index >= 15 is 0 Å². The number of anilines is 1. The zero-order chi connectivity index (χ0) is 14.4. The number of hydrogen-bond donors (Lipinski definition) is 1. The molecule has 2 rings (SSSR count). The monoisotopic (exact) mass is 268 g/mol. The fraction of sp³-hybridized carbons (Fsp3) is 0.235. The van der Waals surface area contributed by atoms with E-state index in [1.165, 1.54) is 0 Å². The van der Waals surface area contributed by atoms with E-state index in [1.807, 2.05) is 79.5 Å². The molecule has 0 saturated carbocycles. The van der Waals surface area contributed by atoms with Crippen LogP contribution in [0.25, 0.3) is 0 Å². The summed E-state index contributed by atoms with van der Waals surface area (Å²) < 4.78 is 0. The van der Waals surface area contributed by atoms with E-state index < -0.39 is 0 Å². The van der Waals surface area contributed by atoms with Gasteiger partial charge in [0.1, 0.15) is 0 Å². The first-order valence-electron chi connectivity index (χ1n) is 6.77. The highest BCUT2D eigenvalue weighted by molar-refractivity contribution is 5.81. The number of nitrogens with zero attached hydrogens (tertiary/aromatic N) is 1. The number of rotatable bonds is 5. The Morgan fingerprint density at radius 1 is 1.05 bits per heavy atom. The van der Waals surface area contributed by atoms with Gasteiger partial charge in [-0.25, -0.2) is 0 Å². The summed E-state index contributed by atoms with van der Waals surface area (Å²) in [6.07, 6.45) is 0. The van der Waals surface area contributed by atoms with Crippen molar-refractivity contribution in [2.75, 3.05) is 18.5 Å². The highest BCUT2D eigenvalue weighted by Gasteiger charge is 2.11. The summed E-state index contributed by atoms with van der Waals surface area (Å²) >= 11 is 0. The van der Waals surface area contributed by atoms with Gasteiger partial charge in [-0.1, -0.05) is 48.5 Å². The van der Waals surface area contributed by atoms with Gasteiger partial charge in [0.15, 0.2) is 0 Å². The molecule has 0 saturated heterocycles. The molecule has 0 aliphatic carbocycles. The minimum absolute atomic E-state index is 0.0210. The van der Waals surface area contributed by atoms with Gasteiger partial charge in [-0.05, 0) is 24.6 Å². The average Bonchev–Trinajstić information content (AvgIpc) is 2.49. The summed E-state index contributed by atoms with van der Waals surface area (Å²) in [4.78, 5) is 14.0. The standard InChI is InChI=1S/C17H20N2O/c1-14(15-9-5-3-6-10-15)18-17(20)13-19(2)16-11-7-4-8-12-16/h3-12,14H,13H2,1-2H3,(H,18,20). The molecule has 0 aliphatic rings. The maximum atomic E-state index is 12.1.